The van der Waals surface area contributed by atoms with Crippen LogP contribution in [0.2, 0.25) is 0 Å². The Labute approximate surface area is 161 Å². The molecule has 2 aromatic rings. The maximum absolute atomic E-state index is 13.8. The van der Waals surface area contributed by atoms with Crippen molar-refractivity contribution in [2.75, 3.05) is 26.1 Å². The number of aromatic nitrogens is 1. The monoisotopic (exact) mass is 392 g/mol. The first kappa shape index (κ1) is 20.0. The average molecular weight is 392 g/mol. The van der Waals surface area contributed by atoms with Gasteiger partial charge in [-0.2, -0.15) is 0 Å². The van der Waals surface area contributed by atoms with E-state index < -0.39 is 29.3 Å². The quantitative estimate of drug-likeness (QED) is 0.787. The van der Waals surface area contributed by atoms with Crippen LogP contribution in [0.5, 0.6) is 11.6 Å². The average Bonchev–Trinajstić information content (AvgIpc) is 3.06. The molecule has 3 rings (SSSR count). The van der Waals surface area contributed by atoms with Crippen molar-refractivity contribution < 1.29 is 23.0 Å². The number of para-hydroxylation sites is 1. The van der Waals surface area contributed by atoms with E-state index in [-0.39, 0.29) is 6.04 Å². The van der Waals surface area contributed by atoms with E-state index in [4.69, 9.17) is 9.47 Å². The molecule has 1 aromatic carbocycles. The number of carbonyl (C=O) groups is 1. The summed E-state index contributed by atoms with van der Waals surface area (Å²) in [7, 11) is 3.30. The minimum absolute atomic E-state index is 0.221. The summed E-state index contributed by atoms with van der Waals surface area (Å²) in [4.78, 5) is 16.8. The summed E-state index contributed by atoms with van der Waals surface area (Å²) in [5.41, 5.74) is 3.35. The zero-order valence-corrected chi connectivity index (χ0v) is 15.8. The summed E-state index contributed by atoms with van der Waals surface area (Å²) < 4.78 is 38.4. The van der Waals surface area contributed by atoms with E-state index in [1.165, 1.54) is 13.2 Å². The van der Waals surface area contributed by atoms with Crippen LogP contribution in [0.15, 0.2) is 30.5 Å². The van der Waals surface area contributed by atoms with Crippen molar-refractivity contribution in [2.24, 2.45) is 0 Å². The van der Waals surface area contributed by atoms with Crippen LogP contribution < -0.4 is 20.2 Å². The van der Waals surface area contributed by atoms with E-state index in [0.717, 1.165) is 17.7 Å². The lowest BCUT2D eigenvalue weighted by Gasteiger charge is -2.21. The second kappa shape index (κ2) is 8.49. The van der Waals surface area contributed by atoms with Crippen molar-refractivity contribution in [3.63, 3.8) is 0 Å². The summed E-state index contributed by atoms with van der Waals surface area (Å²) in [6.45, 7) is 2.33. The Hall–Kier alpha value is -2.78. The predicted octanol–water partition coefficient (Wildman–Crippen LogP) is 2.66. The fraction of sp³-hybridized carbons (Fsp3) is 0.368. The van der Waals surface area contributed by atoms with E-state index in [2.05, 4.69) is 15.7 Å². The molecule has 1 fully saturated rings. The molecule has 0 radical (unpaired) electrons. The number of hydrazine groups is 1. The molecule has 2 unspecified atom stereocenters. The molecule has 0 aliphatic carbocycles. The number of nitrogens with zero attached hydrogens (tertiary/aromatic N) is 2. The number of carbonyl (C=O) groups excluding carboxylic acids is 1. The highest BCUT2D eigenvalue weighted by Crippen LogP contribution is 2.36. The first-order valence-corrected chi connectivity index (χ1v) is 8.85. The molecule has 2 N–H and O–H groups in total. The minimum Gasteiger partial charge on any atom is -0.493 e. The zero-order chi connectivity index (χ0) is 20.3. The molecular formula is C19H22F2N4O3. The summed E-state index contributed by atoms with van der Waals surface area (Å²) in [6.07, 6.45) is 2.01. The first-order valence-electron chi connectivity index (χ1n) is 8.85. The van der Waals surface area contributed by atoms with Crippen molar-refractivity contribution in [1.82, 2.24) is 15.4 Å². The smallest absolute Gasteiger partial charge is 0.243 e. The van der Waals surface area contributed by atoms with Gasteiger partial charge in [0.25, 0.3) is 0 Å². The number of anilines is 1. The summed E-state index contributed by atoms with van der Waals surface area (Å²) >= 11 is 0. The van der Waals surface area contributed by atoms with E-state index in [1.807, 2.05) is 6.92 Å². The number of methoxy groups -OCH3 is 1. The number of ether oxygens (including phenoxy) is 2. The van der Waals surface area contributed by atoms with Gasteiger partial charge in [0.05, 0.1) is 19.8 Å². The van der Waals surface area contributed by atoms with Gasteiger partial charge < -0.3 is 14.8 Å². The fourth-order valence-corrected chi connectivity index (χ4v) is 3.17. The molecule has 2 atom stereocenters. The van der Waals surface area contributed by atoms with Crippen LogP contribution in [0.25, 0.3) is 0 Å². The predicted molar refractivity (Wildman–Crippen MR) is 99.0 cm³/mol. The van der Waals surface area contributed by atoms with Crippen LogP contribution >= 0.6 is 0 Å². The number of pyridine rings is 1. The molecule has 7 nitrogen and oxygen atoms in total. The Bertz CT molecular complexity index is 845. The highest BCUT2D eigenvalue weighted by molar-refractivity contribution is 5.95. The fourth-order valence-electron chi connectivity index (χ4n) is 3.17. The largest absolute Gasteiger partial charge is 0.493 e. The number of nitrogens with one attached hydrogen (secondary N) is 2. The Morgan fingerprint density at radius 2 is 2.11 bits per heavy atom. The molecule has 2 heterocycles. The molecular weight excluding hydrogens is 370 g/mol. The van der Waals surface area contributed by atoms with E-state index >= 15 is 0 Å². The van der Waals surface area contributed by atoms with Crippen LogP contribution in [0.1, 0.15) is 24.9 Å². The van der Waals surface area contributed by atoms with Crippen molar-refractivity contribution in [3.8, 4) is 11.6 Å². The first-order chi connectivity index (χ1) is 13.4. The van der Waals surface area contributed by atoms with Crippen LogP contribution in [-0.2, 0) is 4.79 Å². The van der Waals surface area contributed by atoms with Crippen LogP contribution in [0.3, 0.4) is 0 Å². The third-order valence-electron chi connectivity index (χ3n) is 4.55. The van der Waals surface area contributed by atoms with Gasteiger partial charge in [-0.15, -0.1) is 0 Å². The molecule has 28 heavy (non-hydrogen) atoms. The lowest BCUT2D eigenvalue weighted by molar-refractivity contribution is -0.118. The van der Waals surface area contributed by atoms with Crippen molar-refractivity contribution >= 4 is 11.6 Å². The number of amides is 1. The van der Waals surface area contributed by atoms with Gasteiger partial charge in [0, 0.05) is 24.9 Å². The van der Waals surface area contributed by atoms with Gasteiger partial charge in [-0.1, -0.05) is 6.07 Å². The van der Waals surface area contributed by atoms with Gasteiger partial charge in [0.1, 0.15) is 29.1 Å². The molecule has 1 saturated heterocycles. The third kappa shape index (κ3) is 4.05. The zero-order valence-electron chi connectivity index (χ0n) is 15.8. The maximum atomic E-state index is 13.8. The maximum Gasteiger partial charge on any atom is 0.243 e. The summed E-state index contributed by atoms with van der Waals surface area (Å²) in [6, 6.07) is 4.21. The van der Waals surface area contributed by atoms with Crippen LogP contribution in [0.4, 0.5) is 14.5 Å². The molecule has 1 aliphatic rings. The second-order valence-electron chi connectivity index (χ2n) is 6.33. The Morgan fingerprint density at radius 1 is 1.39 bits per heavy atom. The Morgan fingerprint density at radius 3 is 2.75 bits per heavy atom. The van der Waals surface area contributed by atoms with Gasteiger partial charge in [0.2, 0.25) is 11.8 Å². The topological polar surface area (TPSA) is 75.7 Å². The SMILES string of the molecule is CCOc1cc(OC)ncc1C1CC(C(=O)Nc2c(F)cccc2F)NN1C. The van der Waals surface area contributed by atoms with Crippen LogP contribution in [-0.4, -0.2) is 42.7 Å². The van der Waals surface area contributed by atoms with Gasteiger partial charge in [0.15, 0.2) is 0 Å². The van der Waals surface area contributed by atoms with Crippen molar-refractivity contribution in [2.45, 2.75) is 25.4 Å². The Balaban J connectivity index is 1.78. The minimum atomic E-state index is -0.825. The van der Waals surface area contributed by atoms with Crippen molar-refractivity contribution in [3.05, 3.63) is 47.7 Å². The molecule has 1 amide bonds. The van der Waals surface area contributed by atoms with Gasteiger partial charge in [-0.3, -0.25) is 4.79 Å². The lowest BCUT2D eigenvalue weighted by atomic mass is 10.0. The molecule has 0 spiro atoms. The molecule has 9 heteroatoms. The van der Waals surface area contributed by atoms with Crippen molar-refractivity contribution in [1.29, 1.82) is 0 Å². The summed E-state index contributed by atoms with van der Waals surface area (Å²) in [5.74, 6) is -1.15. The Kier molecular flexibility index (Phi) is 6.05. The second-order valence-corrected chi connectivity index (χ2v) is 6.33. The van der Waals surface area contributed by atoms with E-state index in [1.54, 1.807) is 24.3 Å². The van der Waals surface area contributed by atoms with Gasteiger partial charge in [-0.25, -0.2) is 24.2 Å². The molecule has 0 saturated carbocycles. The number of halogens is 2. The normalized spacial score (nSPS) is 19.5. The van der Waals surface area contributed by atoms with E-state index in [9.17, 15) is 13.6 Å². The summed E-state index contributed by atoms with van der Waals surface area (Å²) in [5, 5.41) is 4.08. The number of rotatable bonds is 6. The lowest BCUT2D eigenvalue weighted by Crippen LogP contribution is -2.40. The van der Waals surface area contributed by atoms with Crippen LogP contribution in [0, 0.1) is 11.6 Å². The number of hydrogen-bond donors (Lipinski definition) is 2. The number of hydrogen-bond acceptors (Lipinski definition) is 6. The molecule has 1 aromatic heterocycles. The highest BCUT2D eigenvalue weighted by Gasteiger charge is 2.36. The van der Waals surface area contributed by atoms with Gasteiger partial charge in [-0.05, 0) is 25.5 Å². The van der Waals surface area contributed by atoms with Gasteiger partial charge >= 0.3 is 0 Å². The standard InChI is InChI=1S/C19H22F2N4O3/c1-4-28-16-9-17(27-3)22-10-11(16)15-8-14(24-25(15)2)19(26)23-18-12(20)6-5-7-13(18)21/h5-7,9-10,14-15,24H,4,8H2,1-3H3,(H,23,26). The highest BCUT2D eigenvalue weighted by atomic mass is 19.1. The third-order valence-corrected chi connectivity index (χ3v) is 4.55. The molecule has 1 aliphatic heterocycles. The number of benzene rings is 1. The van der Waals surface area contributed by atoms with E-state index in [0.29, 0.717) is 24.7 Å². The molecule has 0 bridgehead atoms. The molecule has 150 valence electrons.